The van der Waals surface area contributed by atoms with Crippen LogP contribution in [0.1, 0.15) is 23.6 Å². The zero-order valence-electron chi connectivity index (χ0n) is 16.3. The molecule has 2 atom stereocenters. The van der Waals surface area contributed by atoms with E-state index in [1.54, 1.807) is 12.3 Å². The van der Waals surface area contributed by atoms with Gasteiger partial charge in [0.25, 0.3) is 0 Å². The van der Waals surface area contributed by atoms with E-state index < -0.39 is 10.0 Å². The molecule has 3 aromatic rings. The van der Waals surface area contributed by atoms with Crippen LogP contribution in [0.5, 0.6) is 0 Å². The first-order valence-electron chi connectivity index (χ1n) is 9.33. The minimum atomic E-state index is -3.28. The fourth-order valence-corrected chi connectivity index (χ4v) is 4.00. The molecule has 9 heteroatoms. The Morgan fingerprint density at radius 3 is 2.59 bits per heavy atom. The van der Waals surface area contributed by atoms with E-state index in [2.05, 4.69) is 50.3 Å². The Morgan fingerprint density at radius 1 is 1.14 bits per heavy atom. The number of hydrogen-bond donors (Lipinski definition) is 4. The van der Waals surface area contributed by atoms with Crippen molar-refractivity contribution in [2.45, 2.75) is 25.6 Å². The molecule has 2 unspecified atom stereocenters. The summed E-state index contributed by atoms with van der Waals surface area (Å²) in [5.74, 6) is 0. The van der Waals surface area contributed by atoms with Crippen molar-refractivity contribution in [3.8, 4) is 5.69 Å². The Kier molecular flexibility index (Phi) is 5.27. The molecule has 0 radical (unpaired) electrons. The van der Waals surface area contributed by atoms with E-state index in [9.17, 15) is 8.42 Å². The van der Waals surface area contributed by atoms with Gasteiger partial charge in [0.2, 0.25) is 10.0 Å². The number of rotatable bonds is 6. The van der Waals surface area contributed by atoms with Gasteiger partial charge >= 0.3 is 0 Å². The number of anilines is 2. The van der Waals surface area contributed by atoms with Gasteiger partial charge in [-0.1, -0.05) is 12.1 Å². The largest absolute Gasteiger partial charge is 0.368 e. The summed E-state index contributed by atoms with van der Waals surface area (Å²) in [6.07, 6.45) is 5.74. The second-order valence-corrected chi connectivity index (χ2v) is 8.97. The monoisotopic (exact) mass is 412 g/mol. The first-order valence-corrected chi connectivity index (χ1v) is 11.2. The van der Waals surface area contributed by atoms with Crippen LogP contribution in [0.15, 0.2) is 60.9 Å². The minimum Gasteiger partial charge on any atom is -0.368 e. The Hall–Kier alpha value is -2.88. The normalized spacial score (nSPS) is 19.2. The molecule has 2 aromatic carbocycles. The van der Waals surface area contributed by atoms with Crippen LogP contribution in [0.4, 0.5) is 11.4 Å². The van der Waals surface area contributed by atoms with Gasteiger partial charge in [0, 0.05) is 36.2 Å². The molecule has 0 spiro atoms. The average Bonchev–Trinajstić information content (AvgIpc) is 3.35. The Bertz CT molecular complexity index is 1080. The van der Waals surface area contributed by atoms with Crippen molar-refractivity contribution >= 4 is 21.4 Å². The van der Waals surface area contributed by atoms with E-state index in [1.807, 2.05) is 36.0 Å². The maximum Gasteiger partial charge on any atom is 0.229 e. The van der Waals surface area contributed by atoms with Crippen molar-refractivity contribution in [1.29, 1.82) is 0 Å². The summed E-state index contributed by atoms with van der Waals surface area (Å²) in [5, 5.41) is 7.72. The summed E-state index contributed by atoms with van der Waals surface area (Å²) in [6, 6.07) is 15.9. The lowest BCUT2D eigenvalue weighted by atomic mass is 10.0. The highest BCUT2D eigenvalue weighted by Gasteiger charge is 2.25. The zero-order chi connectivity index (χ0) is 20.4. The van der Waals surface area contributed by atoms with E-state index in [0.29, 0.717) is 5.69 Å². The van der Waals surface area contributed by atoms with E-state index in [4.69, 9.17) is 0 Å². The average molecular weight is 413 g/mol. The summed E-state index contributed by atoms with van der Waals surface area (Å²) in [5.41, 5.74) is 11.3. The third-order valence-electron chi connectivity index (χ3n) is 4.83. The van der Waals surface area contributed by atoms with Crippen LogP contribution < -0.4 is 20.9 Å². The third-order valence-corrected chi connectivity index (χ3v) is 5.43. The van der Waals surface area contributed by atoms with E-state index >= 15 is 0 Å². The Balaban J connectivity index is 1.39. The second-order valence-electron chi connectivity index (χ2n) is 7.22. The molecule has 4 rings (SSSR count). The molecule has 2 heterocycles. The zero-order valence-corrected chi connectivity index (χ0v) is 17.1. The third kappa shape index (κ3) is 4.76. The number of nitrogens with zero attached hydrogens (tertiary/aromatic N) is 2. The van der Waals surface area contributed by atoms with Crippen LogP contribution in [0.2, 0.25) is 0 Å². The van der Waals surface area contributed by atoms with E-state index in [-0.39, 0.29) is 12.2 Å². The van der Waals surface area contributed by atoms with Gasteiger partial charge < -0.3 is 5.32 Å². The summed E-state index contributed by atoms with van der Waals surface area (Å²) >= 11 is 0. The molecule has 0 bridgehead atoms. The number of aryl methyl sites for hydroxylation is 1. The molecule has 0 amide bonds. The van der Waals surface area contributed by atoms with Crippen LogP contribution in [-0.2, 0) is 10.0 Å². The van der Waals surface area contributed by atoms with Gasteiger partial charge in [-0.15, -0.1) is 0 Å². The number of sulfonamides is 1. The highest BCUT2D eigenvalue weighted by atomic mass is 32.2. The smallest absolute Gasteiger partial charge is 0.229 e. The van der Waals surface area contributed by atoms with Crippen molar-refractivity contribution in [3.05, 3.63) is 72.1 Å². The Labute approximate surface area is 170 Å². The number of nitrogens with one attached hydrogen (secondary N) is 4. The SMILES string of the molecule is Cc1cc(NS(C)(=O)=O)ccc1NC1CC(c2ccc(-n3cccn3)cc2)NN1. The highest BCUT2D eigenvalue weighted by molar-refractivity contribution is 7.92. The molecule has 4 N–H and O–H groups in total. The number of hydrazine groups is 1. The van der Waals surface area contributed by atoms with Gasteiger partial charge in [0.15, 0.2) is 0 Å². The van der Waals surface area contributed by atoms with Crippen LogP contribution in [0, 0.1) is 6.92 Å². The molecule has 1 aliphatic heterocycles. The maximum atomic E-state index is 11.4. The van der Waals surface area contributed by atoms with Crippen LogP contribution in [0.25, 0.3) is 5.69 Å². The standard InChI is InChI=1S/C20H24N6O2S/c1-14-12-16(25-29(2,27)28)6-9-18(14)22-20-13-19(23-24-20)15-4-7-17(8-5-15)26-11-3-10-21-26/h3-12,19-20,22-25H,13H2,1-2H3. The number of hydrogen-bond acceptors (Lipinski definition) is 6. The van der Waals surface area contributed by atoms with Crippen molar-refractivity contribution in [2.24, 2.45) is 0 Å². The van der Waals surface area contributed by atoms with Crippen LogP contribution in [-0.4, -0.2) is 30.6 Å². The highest BCUT2D eigenvalue weighted by Crippen LogP contribution is 2.26. The molecular weight excluding hydrogens is 388 g/mol. The van der Waals surface area contributed by atoms with Gasteiger partial charge in [0.05, 0.1) is 18.1 Å². The minimum absolute atomic E-state index is 0.0539. The lowest BCUT2D eigenvalue weighted by Crippen LogP contribution is -2.36. The molecule has 152 valence electrons. The topological polar surface area (TPSA) is 100 Å². The summed E-state index contributed by atoms with van der Waals surface area (Å²) < 4.78 is 27.1. The lowest BCUT2D eigenvalue weighted by Gasteiger charge is -2.17. The summed E-state index contributed by atoms with van der Waals surface area (Å²) in [4.78, 5) is 0. The molecule has 8 nitrogen and oxygen atoms in total. The van der Waals surface area contributed by atoms with Crippen LogP contribution >= 0.6 is 0 Å². The van der Waals surface area contributed by atoms with Gasteiger partial charge in [-0.25, -0.2) is 24.0 Å². The van der Waals surface area contributed by atoms with Crippen LogP contribution in [0.3, 0.4) is 0 Å². The quantitative estimate of drug-likeness (QED) is 0.497. The number of benzene rings is 2. The molecule has 29 heavy (non-hydrogen) atoms. The summed E-state index contributed by atoms with van der Waals surface area (Å²) in [6.45, 7) is 1.95. The summed E-state index contributed by atoms with van der Waals surface area (Å²) in [7, 11) is -3.28. The molecule has 0 aliphatic carbocycles. The first kappa shape index (κ1) is 19.4. The molecule has 1 aromatic heterocycles. The fraction of sp³-hybridized carbons (Fsp3) is 0.250. The van der Waals surface area contributed by atoms with Crippen molar-refractivity contribution in [2.75, 3.05) is 16.3 Å². The lowest BCUT2D eigenvalue weighted by molar-refractivity contribution is 0.564. The molecule has 1 saturated heterocycles. The fourth-order valence-electron chi connectivity index (χ4n) is 3.44. The second kappa shape index (κ2) is 7.86. The maximum absolute atomic E-state index is 11.4. The van der Waals surface area contributed by atoms with E-state index in [0.717, 1.165) is 29.6 Å². The molecule has 1 aliphatic rings. The predicted molar refractivity (Wildman–Crippen MR) is 114 cm³/mol. The number of aromatic nitrogens is 2. The Morgan fingerprint density at radius 2 is 1.93 bits per heavy atom. The first-order chi connectivity index (χ1) is 13.9. The van der Waals surface area contributed by atoms with Crippen molar-refractivity contribution in [3.63, 3.8) is 0 Å². The predicted octanol–water partition coefficient (Wildman–Crippen LogP) is 2.53. The van der Waals surface area contributed by atoms with Gasteiger partial charge in [0.1, 0.15) is 0 Å². The van der Waals surface area contributed by atoms with E-state index in [1.165, 1.54) is 5.56 Å². The van der Waals surface area contributed by atoms with Gasteiger partial charge in [-0.05, 0) is 54.4 Å². The molecule has 1 fully saturated rings. The van der Waals surface area contributed by atoms with Gasteiger partial charge in [-0.3, -0.25) is 4.72 Å². The molecular formula is C20H24N6O2S. The van der Waals surface area contributed by atoms with Crippen molar-refractivity contribution < 1.29 is 8.42 Å². The molecule has 0 saturated carbocycles. The van der Waals surface area contributed by atoms with Crippen molar-refractivity contribution in [1.82, 2.24) is 20.6 Å². The van der Waals surface area contributed by atoms with Gasteiger partial charge in [-0.2, -0.15) is 5.10 Å².